The van der Waals surface area contributed by atoms with Gasteiger partial charge in [-0.3, -0.25) is 4.79 Å². The van der Waals surface area contributed by atoms with Gasteiger partial charge in [-0.25, -0.2) is 14.6 Å². The maximum absolute atomic E-state index is 11.9. The molecule has 0 saturated carbocycles. The molecule has 1 aromatic rings. The van der Waals surface area contributed by atoms with Crippen LogP contribution in [0.3, 0.4) is 0 Å². The van der Waals surface area contributed by atoms with E-state index in [9.17, 15) is 14.4 Å². The van der Waals surface area contributed by atoms with Gasteiger partial charge in [-0.1, -0.05) is 0 Å². The Morgan fingerprint density at radius 2 is 2.20 bits per heavy atom. The number of urea groups is 1. The molecule has 0 aliphatic heterocycles. The monoisotopic (exact) mass is 300 g/mol. The molecule has 0 aromatic carbocycles. The number of amides is 3. The smallest absolute Gasteiger partial charge is 0.326 e. The Balaban J connectivity index is 2.62. The van der Waals surface area contributed by atoms with Gasteiger partial charge in [0.05, 0.1) is 24.2 Å². The highest BCUT2D eigenvalue weighted by atomic mass is 32.1. The molecule has 1 aromatic heterocycles. The molecule has 0 fully saturated rings. The molecule has 0 bridgehead atoms. The predicted octanol–water partition coefficient (Wildman–Crippen LogP) is -0.0785. The number of carboxylic acid groups (broad SMARTS) is 1. The Kier molecular flexibility index (Phi) is 5.44. The van der Waals surface area contributed by atoms with Crippen molar-refractivity contribution < 1.29 is 19.5 Å². The third-order valence-electron chi connectivity index (χ3n) is 2.57. The fraction of sp³-hybridized carbons (Fsp3) is 0.455. The van der Waals surface area contributed by atoms with E-state index < -0.39 is 30.4 Å². The average Bonchev–Trinajstić information content (AvgIpc) is 2.73. The van der Waals surface area contributed by atoms with E-state index in [0.717, 1.165) is 10.6 Å². The van der Waals surface area contributed by atoms with Crippen molar-refractivity contribution >= 4 is 29.2 Å². The zero-order valence-electron chi connectivity index (χ0n) is 11.1. The topological polar surface area (TPSA) is 126 Å². The largest absolute Gasteiger partial charge is 0.480 e. The number of carbonyl (C=O) groups is 3. The van der Waals surface area contributed by atoms with Crippen LogP contribution in [-0.4, -0.2) is 46.0 Å². The first-order valence-corrected chi connectivity index (χ1v) is 6.61. The van der Waals surface area contributed by atoms with Crippen LogP contribution < -0.4 is 11.1 Å². The van der Waals surface area contributed by atoms with Crippen LogP contribution >= 0.6 is 11.3 Å². The van der Waals surface area contributed by atoms with Crippen LogP contribution in [0.15, 0.2) is 5.51 Å². The number of carbonyl (C=O) groups excluding carboxylic acids is 2. The summed E-state index contributed by atoms with van der Waals surface area (Å²) in [5, 5.41) is 11.2. The lowest BCUT2D eigenvalue weighted by molar-refractivity contribution is -0.140. The van der Waals surface area contributed by atoms with Gasteiger partial charge in [-0.2, -0.15) is 0 Å². The van der Waals surface area contributed by atoms with Crippen LogP contribution in [0, 0.1) is 6.92 Å². The molecule has 8 nitrogen and oxygen atoms in total. The lowest BCUT2D eigenvalue weighted by Crippen LogP contribution is -2.47. The van der Waals surface area contributed by atoms with Crippen molar-refractivity contribution in [2.75, 3.05) is 7.05 Å². The summed E-state index contributed by atoms with van der Waals surface area (Å²) in [6.45, 7) is 2.13. The van der Waals surface area contributed by atoms with Crippen molar-refractivity contribution in [3.05, 3.63) is 16.1 Å². The van der Waals surface area contributed by atoms with E-state index in [2.05, 4.69) is 10.3 Å². The summed E-state index contributed by atoms with van der Waals surface area (Å²) in [6.07, 6.45) is -0.450. The molecule has 3 amide bonds. The minimum Gasteiger partial charge on any atom is -0.480 e. The standard InChI is InChI=1S/C11H16N4O4S/c1-6-8(20-5-13-6)4-15(2)11(19)14-7(10(17)18)3-9(12)16/h5,7H,3-4H2,1-2H3,(H2,12,16)(H,14,19)(H,17,18)/t7-/m1/s1. The van der Waals surface area contributed by atoms with Gasteiger partial charge in [0.1, 0.15) is 6.04 Å². The molecule has 0 aliphatic rings. The number of carboxylic acids is 1. The van der Waals surface area contributed by atoms with Crippen molar-refractivity contribution in [1.29, 1.82) is 0 Å². The van der Waals surface area contributed by atoms with E-state index >= 15 is 0 Å². The first kappa shape index (κ1) is 15.9. The molecule has 110 valence electrons. The summed E-state index contributed by atoms with van der Waals surface area (Å²) < 4.78 is 0. The van der Waals surface area contributed by atoms with E-state index in [-0.39, 0.29) is 0 Å². The fourth-order valence-corrected chi connectivity index (χ4v) is 2.26. The van der Waals surface area contributed by atoms with Crippen LogP contribution in [0.2, 0.25) is 0 Å². The van der Waals surface area contributed by atoms with Crippen molar-refractivity contribution in [3.8, 4) is 0 Å². The number of hydrogen-bond acceptors (Lipinski definition) is 5. The van der Waals surface area contributed by atoms with Crippen LogP contribution in [0.4, 0.5) is 4.79 Å². The van der Waals surface area contributed by atoms with Crippen LogP contribution in [0.1, 0.15) is 17.0 Å². The molecule has 0 aliphatic carbocycles. The minimum atomic E-state index is -1.33. The molecule has 1 rings (SSSR count). The molecule has 20 heavy (non-hydrogen) atoms. The first-order chi connectivity index (χ1) is 9.31. The Labute approximate surface area is 119 Å². The Hall–Kier alpha value is -2.16. The Bertz CT molecular complexity index is 516. The molecule has 0 spiro atoms. The highest BCUT2D eigenvalue weighted by Gasteiger charge is 2.24. The number of nitrogens with zero attached hydrogens (tertiary/aromatic N) is 2. The Morgan fingerprint density at radius 3 is 2.65 bits per heavy atom. The van der Waals surface area contributed by atoms with Crippen LogP contribution in [-0.2, 0) is 16.1 Å². The van der Waals surface area contributed by atoms with Crippen molar-refractivity contribution in [3.63, 3.8) is 0 Å². The summed E-state index contributed by atoms with van der Waals surface area (Å²) in [7, 11) is 1.53. The molecule has 9 heteroatoms. The summed E-state index contributed by atoms with van der Waals surface area (Å²) in [6, 6.07) is -1.92. The van der Waals surface area contributed by atoms with Crippen molar-refractivity contribution in [1.82, 2.24) is 15.2 Å². The zero-order valence-corrected chi connectivity index (χ0v) is 11.9. The number of nitrogens with one attached hydrogen (secondary N) is 1. The number of rotatable bonds is 6. The van der Waals surface area contributed by atoms with Gasteiger partial charge in [0.15, 0.2) is 0 Å². The molecule has 1 heterocycles. The number of primary amides is 1. The number of thiazole rings is 1. The normalized spacial score (nSPS) is 11.7. The summed E-state index contributed by atoms with van der Waals surface area (Å²) in [5.74, 6) is -2.10. The van der Waals surface area contributed by atoms with Crippen molar-refractivity contribution in [2.24, 2.45) is 5.73 Å². The maximum atomic E-state index is 11.9. The lowest BCUT2D eigenvalue weighted by Gasteiger charge is -2.20. The summed E-state index contributed by atoms with van der Waals surface area (Å²) in [4.78, 5) is 39.8. The number of hydrogen-bond donors (Lipinski definition) is 3. The summed E-state index contributed by atoms with van der Waals surface area (Å²) >= 11 is 1.41. The van der Waals surface area contributed by atoms with Gasteiger partial charge < -0.3 is 21.1 Å². The van der Waals surface area contributed by atoms with E-state index in [0.29, 0.717) is 6.54 Å². The second-order valence-corrected chi connectivity index (χ2v) is 5.17. The molecule has 0 unspecified atom stereocenters. The minimum absolute atomic E-state index is 0.311. The molecule has 0 saturated heterocycles. The van der Waals surface area contributed by atoms with Crippen LogP contribution in [0.5, 0.6) is 0 Å². The van der Waals surface area contributed by atoms with Gasteiger partial charge in [-0.15, -0.1) is 11.3 Å². The second-order valence-electron chi connectivity index (χ2n) is 4.23. The molecular weight excluding hydrogens is 284 g/mol. The maximum Gasteiger partial charge on any atom is 0.326 e. The SMILES string of the molecule is Cc1ncsc1CN(C)C(=O)N[C@H](CC(N)=O)C(=O)O. The predicted molar refractivity (Wildman–Crippen MR) is 72.1 cm³/mol. The van der Waals surface area contributed by atoms with Gasteiger partial charge in [-0.05, 0) is 6.92 Å². The van der Waals surface area contributed by atoms with E-state index in [1.165, 1.54) is 23.3 Å². The molecular formula is C11H16N4O4S. The highest BCUT2D eigenvalue weighted by Crippen LogP contribution is 2.14. The first-order valence-electron chi connectivity index (χ1n) is 5.73. The summed E-state index contributed by atoms with van der Waals surface area (Å²) in [5.41, 5.74) is 7.43. The van der Waals surface area contributed by atoms with Gasteiger partial charge in [0.2, 0.25) is 5.91 Å². The number of aromatic nitrogens is 1. The fourth-order valence-electron chi connectivity index (χ4n) is 1.43. The number of nitrogens with two attached hydrogens (primary N) is 1. The van der Waals surface area contributed by atoms with E-state index in [1.54, 1.807) is 5.51 Å². The van der Waals surface area contributed by atoms with Gasteiger partial charge in [0.25, 0.3) is 0 Å². The molecule has 0 radical (unpaired) electrons. The average molecular weight is 300 g/mol. The molecule has 1 atom stereocenters. The molecule has 4 N–H and O–H groups in total. The second kappa shape index (κ2) is 6.85. The lowest BCUT2D eigenvalue weighted by atomic mass is 10.2. The van der Waals surface area contributed by atoms with Crippen molar-refractivity contribution in [2.45, 2.75) is 25.9 Å². The van der Waals surface area contributed by atoms with E-state index in [4.69, 9.17) is 10.8 Å². The number of aryl methyl sites for hydroxylation is 1. The third-order valence-corrected chi connectivity index (χ3v) is 3.49. The third kappa shape index (κ3) is 4.50. The van der Waals surface area contributed by atoms with Gasteiger partial charge >= 0.3 is 12.0 Å². The van der Waals surface area contributed by atoms with E-state index in [1.807, 2.05) is 6.92 Å². The zero-order chi connectivity index (χ0) is 15.3. The van der Waals surface area contributed by atoms with Crippen LogP contribution in [0.25, 0.3) is 0 Å². The highest BCUT2D eigenvalue weighted by molar-refractivity contribution is 7.09. The Morgan fingerprint density at radius 1 is 1.55 bits per heavy atom. The van der Waals surface area contributed by atoms with Gasteiger partial charge in [0, 0.05) is 11.9 Å². The quantitative estimate of drug-likeness (QED) is 0.677. The number of aliphatic carboxylic acids is 1.